The average molecular weight is 243 g/mol. The Labute approximate surface area is 96.4 Å². The number of nitrogens with one attached hydrogen (secondary N) is 1. The third-order valence-corrected chi connectivity index (χ3v) is 3.14. The standard InChI is InChI=1S/C7H8O3S.C4H9N/c1-6-2-4-7(5-3-6)11(8,9)10;1-2-4-5-3-1/h2-5H,1H3,(H,8,9,10);5H,1-4H2. The van der Waals surface area contributed by atoms with Gasteiger partial charge in [0.15, 0.2) is 0 Å². The Morgan fingerprint density at radius 3 is 1.94 bits per heavy atom. The van der Waals surface area contributed by atoms with Crippen LogP contribution in [0.3, 0.4) is 0 Å². The minimum Gasteiger partial charge on any atom is -0.317 e. The maximum absolute atomic E-state index is 10.5. The molecule has 16 heavy (non-hydrogen) atoms. The molecule has 1 aliphatic heterocycles. The fourth-order valence-corrected chi connectivity index (χ4v) is 1.82. The summed E-state index contributed by atoms with van der Waals surface area (Å²) in [6, 6.07) is 5.99. The quantitative estimate of drug-likeness (QED) is 0.735. The fourth-order valence-electron chi connectivity index (χ4n) is 1.34. The second kappa shape index (κ2) is 5.98. The summed E-state index contributed by atoms with van der Waals surface area (Å²) in [5.74, 6) is 0. The van der Waals surface area contributed by atoms with E-state index in [9.17, 15) is 8.42 Å². The molecule has 0 aliphatic carbocycles. The second-order valence-electron chi connectivity index (χ2n) is 3.75. The highest BCUT2D eigenvalue weighted by molar-refractivity contribution is 7.85. The van der Waals surface area contributed by atoms with E-state index in [2.05, 4.69) is 5.32 Å². The SMILES string of the molecule is C1CCNC1.Cc1ccc(S(=O)(=O)O)cc1. The van der Waals surface area contributed by atoms with Crippen molar-refractivity contribution in [3.05, 3.63) is 29.8 Å². The van der Waals surface area contributed by atoms with Crippen molar-refractivity contribution >= 4 is 10.1 Å². The highest BCUT2D eigenvalue weighted by Crippen LogP contribution is 2.08. The van der Waals surface area contributed by atoms with E-state index < -0.39 is 10.1 Å². The zero-order chi connectivity index (χ0) is 12.0. The molecule has 4 nitrogen and oxygen atoms in total. The first-order chi connectivity index (χ1) is 7.50. The van der Waals surface area contributed by atoms with E-state index in [1.807, 2.05) is 6.92 Å². The molecule has 1 aromatic carbocycles. The Bertz CT molecular complexity index is 400. The van der Waals surface area contributed by atoms with Crippen LogP contribution < -0.4 is 5.32 Å². The molecule has 0 aromatic heterocycles. The van der Waals surface area contributed by atoms with E-state index in [1.54, 1.807) is 12.1 Å². The van der Waals surface area contributed by atoms with Crippen LogP contribution in [-0.2, 0) is 10.1 Å². The average Bonchev–Trinajstić information content (AvgIpc) is 2.74. The van der Waals surface area contributed by atoms with Gasteiger partial charge in [0.2, 0.25) is 0 Å². The van der Waals surface area contributed by atoms with Gasteiger partial charge >= 0.3 is 0 Å². The van der Waals surface area contributed by atoms with Crippen molar-refractivity contribution in [1.29, 1.82) is 0 Å². The molecule has 0 spiro atoms. The highest BCUT2D eigenvalue weighted by Gasteiger charge is 2.06. The van der Waals surface area contributed by atoms with Gasteiger partial charge in [-0.05, 0) is 45.0 Å². The second-order valence-corrected chi connectivity index (χ2v) is 5.17. The van der Waals surface area contributed by atoms with Gasteiger partial charge in [-0.15, -0.1) is 0 Å². The molecular formula is C11H17NO3S. The Balaban J connectivity index is 0.000000212. The summed E-state index contributed by atoms with van der Waals surface area (Å²) < 4.78 is 29.6. The number of hydrogen-bond donors (Lipinski definition) is 2. The lowest BCUT2D eigenvalue weighted by atomic mass is 10.2. The van der Waals surface area contributed by atoms with E-state index >= 15 is 0 Å². The van der Waals surface area contributed by atoms with Gasteiger partial charge in [0.1, 0.15) is 0 Å². The fraction of sp³-hybridized carbons (Fsp3) is 0.455. The Hall–Kier alpha value is -0.910. The summed E-state index contributed by atoms with van der Waals surface area (Å²) in [5, 5.41) is 3.22. The van der Waals surface area contributed by atoms with Crippen molar-refractivity contribution in [2.45, 2.75) is 24.7 Å². The van der Waals surface area contributed by atoms with Gasteiger partial charge in [0.25, 0.3) is 10.1 Å². The zero-order valence-corrected chi connectivity index (χ0v) is 10.1. The monoisotopic (exact) mass is 243 g/mol. The molecule has 1 fully saturated rings. The molecule has 90 valence electrons. The maximum Gasteiger partial charge on any atom is 0.294 e. The number of benzene rings is 1. The smallest absolute Gasteiger partial charge is 0.294 e. The molecule has 2 N–H and O–H groups in total. The van der Waals surface area contributed by atoms with Gasteiger partial charge in [0.05, 0.1) is 4.90 Å². The lowest BCUT2D eigenvalue weighted by Crippen LogP contribution is -2.03. The van der Waals surface area contributed by atoms with Crippen LogP contribution >= 0.6 is 0 Å². The normalized spacial score (nSPS) is 15.4. The lowest BCUT2D eigenvalue weighted by molar-refractivity contribution is 0.483. The topological polar surface area (TPSA) is 66.4 Å². The van der Waals surface area contributed by atoms with Gasteiger partial charge in [0, 0.05) is 0 Å². The van der Waals surface area contributed by atoms with Crippen molar-refractivity contribution in [3.63, 3.8) is 0 Å². The molecule has 1 saturated heterocycles. The van der Waals surface area contributed by atoms with Crippen molar-refractivity contribution in [3.8, 4) is 0 Å². The molecule has 1 heterocycles. The molecule has 0 bridgehead atoms. The van der Waals surface area contributed by atoms with Gasteiger partial charge in [-0.25, -0.2) is 0 Å². The van der Waals surface area contributed by atoms with Crippen molar-refractivity contribution in [1.82, 2.24) is 5.32 Å². The Morgan fingerprint density at radius 1 is 1.12 bits per heavy atom. The van der Waals surface area contributed by atoms with Gasteiger partial charge in [-0.3, -0.25) is 4.55 Å². The minimum absolute atomic E-state index is 0.0666. The first-order valence-electron chi connectivity index (χ1n) is 5.25. The molecule has 0 atom stereocenters. The third-order valence-electron chi connectivity index (χ3n) is 2.28. The van der Waals surface area contributed by atoms with Crippen molar-refractivity contribution in [2.75, 3.05) is 13.1 Å². The van der Waals surface area contributed by atoms with Gasteiger partial charge in [-0.2, -0.15) is 8.42 Å². The van der Waals surface area contributed by atoms with Crippen LogP contribution in [0.4, 0.5) is 0 Å². The van der Waals surface area contributed by atoms with E-state index in [-0.39, 0.29) is 4.90 Å². The largest absolute Gasteiger partial charge is 0.317 e. The van der Waals surface area contributed by atoms with E-state index in [1.165, 1.54) is 38.1 Å². The van der Waals surface area contributed by atoms with Gasteiger partial charge < -0.3 is 5.32 Å². The third kappa shape index (κ3) is 4.74. The summed E-state index contributed by atoms with van der Waals surface area (Å²) in [6.07, 6.45) is 2.78. The summed E-state index contributed by atoms with van der Waals surface area (Å²) >= 11 is 0. The number of aryl methyl sites for hydroxylation is 1. The predicted octanol–water partition coefficient (Wildman–Crippen LogP) is 1.61. The highest BCUT2D eigenvalue weighted by atomic mass is 32.2. The molecule has 1 aliphatic rings. The zero-order valence-electron chi connectivity index (χ0n) is 9.31. The molecule has 1 aromatic rings. The summed E-state index contributed by atoms with van der Waals surface area (Å²) in [6.45, 7) is 4.34. The van der Waals surface area contributed by atoms with E-state index in [4.69, 9.17) is 4.55 Å². The molecular weight excluding hydrogens is 226 g/mol. The van der Waals surface area contributed by atoms with Crippen LogP contribution in [0.1, 0.15) is 18.4 Å². The summed E-state index contributed by atoms with van der Waals surface area (Å²) in [5.41, 5.74) is 0.956. The van der Waals surface area contributed by atoms with Crippen LogP contribution in [0.2, 0.25) is 0 Å². The first kappa shape index (κ1) is 13.2. The maximum atomic E-state index is 10.5. The number of hydrogen-bond acceptors (Lipinski definition) is 3. The molecule has 5 heteroatoms. The Morgan fingerprint density at radius 2 is 1.62 bits per heavy atom. The van der Waals surface area contributed by atoms with Crippen LogP contribution in [-0.4, -0.2) is 26.1 Å². The molecule has 0 amide bonds. The van der Waals surface area contributed by atoms with Crippen molar-refractivity contribution < 1.29 is 13.0 Å². The van der Waals surface area contributed by atoms with Crippen LogP contribution in [0.25, 0.3) is 0 Å². The summed E-state index contributed by atoms with van der Waals surface area (Å²) in [7, 11) is -4.02. The van der Waals surface area contributed by atoms with Crippen LogP contribution in [0, 0.1) is 6.92 Å². The van der Waals surface area contributed by atoms with E-state index in [0.717, 1.165) is 5.56 Å². The van der Waals surface area contributed by atoms with Gasteiger partial charge in [-0.1, -0.05) is 17.7 Å². The molecule has 2 rings (SSSR count). The van der Waals surface area contributed by atoms with Crippen LogP contribution in [0.5, 0.6) is 0 Å². The van der Waals surface area contributed by atoms with Crippen LogP contribution in [0.15, 0.2) is 29.2 Å². The van der Waals surface area contributed by atoms with Crippen molar-refractivity contribution in [2.24, 2.45) is 0 Å². The minimum atomic E-state index is -4.02. The molecule has 0 unspecified atom stereocenters. The Kier molecular flexibility index (Phi) is 4.92. The first-order valence-corrected chi connectivity index (χ1v) is 6.69. The lowest BCUT2D eigenvalue weighted by Gasteiger charge is -1.95. The summed E-state index contributed by atoms with van der Waals surface area (Å²) in [4.78, 5) is -0.0666. The predicted molar refractivity (Wildman–Crippen MR) is 63.1 cm³/mol. The molecule has 0 saturated carbocycles. The molecule has 0 radical (unpaired) electrons. The number of rotatable bonds is 1. The van der Waals surface area contributed by atoms with E-state index in [0.29, 0.717) is 0 Å².